The van der Waals surface area contributed by atoms with E-state index < -0.39 is 0 Å². The van der Waals surface area contributed by atoms with Gasteiger partial charge in [0.1, 0.15) is 0 Å². The van der Waals surface area contributed by atoms with Crippen LogP contribution in [0.2, 0.25) is 5.02 Å². The lowest BCUT2D eigenvalue weighted by atomic mass is 9.79. The van der Waals surface area contributed by atoms with Crippen molar-refractivity contribution in [3.8, 4) is 0 Å². The van der Waals surface area contributed by atoms with E-state index in [1.165, 1.54) is 36.0 Å². The van der Waals surface area contributed by atoms with Crippen molar-refractivity contribution in [1.29, 1.82) is 0 Å². The van der Waals surface area contributed by atoms with E-state index >= 15 is 0 Å². The molecule has 0 heterocycles. The number of hydrogen-bond donors (Lipinski definition) is 1. The SMILES string of the molecule is CNC(c1ccc(C2CCC2)cc1)c1cccc(Cl)c1C. The number of rotatable bonds is 4. The van der Waals surface area contributed by atoms with Gasteiger partial charge in [-0.05, 0) is 61.1 Å². The summed E-state index contributed by atoms with van der Waals surface area (Å²) in [5.41, 5.74) is 5.19. The molecule has 0 spiro atoms. The van der Waals surface area contributed by atoms with E-state index in [0.717, 1.165) is 16.5 Å². The first kappa shape index (κ1) is 14.6. The van der Waals surface area contributed by atoms with Gasteiger partial charge in [-0.1, -0.05) is 54.4 Å². The van der Waals surface area contributed by atoms with Crippen LogP contribution in [0.4, 0.5) is 0 Å². The molecular weight excluding hydrogens is 278 g/mol. The van der Waals surface area contributed by atoms with Gasteiger partial charge in [-0.2, -0.15) is 0 Å². The van der Waals surface area contributed by atoms with Crippen molar-refractivity contribution in [3.63, 3.8) is 0 Å². The molecule has 2 aromatic carbocycles. The van der Waals surface area contributed by atoms with Crippen molar-refractivity contribution in [1.82, 2.24) is 5.32 Å². The summed E-state index contributed by atoms with van der Waals surface area (Å²) in [6, 6.07) is 15.4. The molecule has 0 saturated heterocycles. The van der Waals surface area contributed by atoms with Crippen molar-refractivity contribution in [2.24, 2.45) is 0 Å². The Morgan fingerprint density at radius 3 is 2.38 bits per heavy atom. The third-order valence-corrected chi connectivity index (χ3v) is 5.17. The Labute approximate surface area is 132 Å². The molecule has 1 atom stereocenters. The first-order valence-corrected chi connectivity index (χ1v) is 8.10. The molecule has 0 amide bonds. The zero-order valence-electron chi connectivity index (χ0n) is 12.7. The van der Waals surface area contributed by atoms with Crippen LogP contribution in [-0.4, -0.2) is 7.05 Å². The quantitative estimate of drug-likeness (QED) is 0.815. The topological polar surface area (TPSA) is 12.0 Å². The van der Waals surface area contributed by atoms with Gasteiger partial charge in [-0.3, -0.25) is 0 Å². The maximum absolute atomic E-state index is 6.27. The third kappa shape index (κ3) is 2.86. The monoisotopic (exact) mass is 299 g/mol. The Kier molecular flexibility index (Phi) is 4.32. The Morgan fingerprint density at radius 2 is 1.81 bits per heavy atom. The molecule has 0 radical (unpaired) electrons. The molecule has 2 aromatic rings. The summed E-state index contributed by atoms with van der Waals surface area (Å²) in [6.07, 6.45) is 4.08. The number of hydrogen-bond acceptors (Lipinski definition) is 1. The average Bonchev–Trinajstić information content (AvgIpc) is 2.44. The summed E-state index contributed by atoms with van der Waals surface area (Å²) >= 11 is 6.27. The van der Waals surface area contributed by atoms with Crippen molar-refractivity contribution in [2.45, 2.75) is 38.1 Å². The van der Waals surface area contributed by atoms with Gasteiger partial charge >= 0.3 is 0 Å². The van der Waals surface area contributed by atoms with Crippen molar-refractivity contribution in [3.05, 3.63) is 69.7 Å². The number of halogens is 1. The van der Waals surface area contributed by atoms with Crippen LogP contribution < -0.4 is 5.32 Å². The molecule has 1 aliphatic rings. The van der Waals surface area contributed by atoms with Gasteiger partial charge in [0.25, 0.3) is 0 Å². The highest BCUT2D eigenvalue weighted by Gasteiger charge is 2.20. The van der Waals surface area contributed by atoms with Crippen LogP contribution in [0.1, 0.15) is 53.5 Å². The van der Waals surface area contributed by atoms with E-state index in [9.17, 15) is 0 Å². The Hall–Kier alpha value is -1.31. The van der Waals surface area contributed by atoms with E-state index in [1.54, 1.807) is 0 Å². The van der Waals surface area contributed by atoms with E-state index in [1.807, 2.05) is 19.2 Å². The lowest BCUT2D eigenvalue weighted by Crippen LogP contribution is -2.19. The normalized spacial score (nSPS) is 16.5. The largest absolute Gasteiger partial charge is 0.309 e. The molecule has 0 aliphatic heterocycles. The predicted molar refractivity (Wildman–Crippen MR) is 90.1 cm³/mol. The average molecular weight is 300 g/mol. The van der Waals surface area contributed by atoms with Crippen LogP contribution in [0.3, 0.4) is 0 Å². The molecule has 2 heteroatoms. The fourth-order valence-electron chi connectivity index (χ4n) is 3.14. The minimum absolute atomic E-state index is 0.194. The summed E-state index contributed by atoms with van der Waals surface area (Å²) in [5.74, 6) is 0.792. The number of nitrogens with one attached hydrogen (secondary N) is 1. The summed E-state index contributed by atoms with van der Waals surface area (Å²) in [4.78, 5) is 0. The molecule has 1 fully saturated rings. The Bertz CT molecular complexity index is 614. The molecular formula is C19H22ClN. The second-order valence-corrected chi connectivity index (χ2v) is 6.38. The van der Waals surface area contributed by atoms with Gasteiger partial charge in [0.15, 0.2) is 0 Å². The Balaban J connectivity index is 1.90. The van der Waals surface area contributed by atoms with Gasteiger partial charge < -0.3 is 5.32 Å². The standard InChI is InChI=1S/C19H22ClN/c1-13-17(7-4-8-18(13)20)19(21-2)16-11-9-15(10-12-16)14-5-3-6-14/h4,7-12,14,19,21H,3,5-6H2,1-2H3. The van der Waals surface area contributed by atoms with E-state index in [2.05, 4.69) is 42.6 Å². The summed E-state index contributed by atoms with van der Waals surface area (Å²) in [7, 11) is 2.00. The van der Waals surface area contributed by atoms with Gasteiger partial charge in [0.05, 0.1) is 6.04 Å². The van der Waals surface area contributed by atoms with Crippen molar-refractivity contribution in [2.75, 3.05) is 7.05 Å². The summed E-state index contributed by atoms with van der Waals surface area (Å²) < 4.78 is 0. The summed E-state index contributed by atoms with van der Waals surface area (Å²) in [5, 5.41) is 4.25. The van der Waals surface area contributed by atoms with Crippen molar-refractivity contribution < 1.29 is 0 Å². The van der Waals surface area contributed by atoms with Crippen LogP contribution in [-0.2, 0) is 0 Å². The summed E-state index contributed by atoms with van der Waals surface area (Å²) in [6.45, 7) is 2.09. The zero-order chi connectivity index (χ0) is 14.8. The minimum atomic E-state index is 0.194. The highest BCUT2D eigenvalue weighted by Crippen LogP contribution is 2.37. The fourth-order valence-corrected chi connectivity index (χ4v) is 3.32. The maximum atomic E-state index is 6.27. The van der Waals surface area contributed by atoms with Gasteiger partial charge in [0.2, 0.25) is 0 Å². The molecule has 1 N–H and O–H groups in total. The molecule has 21 heavy (non-hydrogen) atoms. The lowest BCUT2D eigenvalue weighted by Gasteiger charge is -2.26. The molecule has 1 aliphatic carbocycles. The highest BCUT2D eigenvalue weighted by molar-refractivity contribution is 6.31. The molecule has 0 aromatic heterocycles. The Morgan fingerprint density at radius 1 is 1.10 bits per heavy atom. The number of benzene rings is 2. The first-order chi connectivity index (χ1) is 10.2. The van der Waals surface area contributed by atoms with Gasteiger partial charge in [-0.15, -0.1) is 0 Å². The third-order valence-electron chi connectivity index (χ3n) is 4.76. The zero-order valence-corrected chi connectivity index (χ0v) is 13.5. The maximum Gasteiger partial charge on any atom is 0.0577 e. The minimum Gasteiger partial charge on any atom is -0.309 e. The van der Waals surface area contributed by atoms with E-state index in [4.69, 9.17) is 11.6 Å². The van der Waals surface area contributed by atoms with Crippen LogP contribution >= 0.6 is 11.6 Å². The van der Waals surface area contributed by atoms with Crippen LogP contribution in [0, 0.1) is 6.92 Å². The van der Waals surface area contributed by atoms with Crippen LogP contribution in [0.5, 0.6) is 0 Å². The molecule has 110 valence electrons. The molecule has 1 unspecified atom stereocenters. The van der Waals surface area contributed by atoms with Gasteiger partial charge in [-0.25, -0.2) is 0 Å². The van der Waals surface area contributed by atoms with Crippen molar-refractivity contribution >= 4 is 11.6 Å². The smallest absolute Gasteiger partial charge is 0.0577 e. The molecule has 1 nitrogen and oxygen atoms in total. The fraction of sp³-hybridized carbons (Fsp3) is 0.368. The second-order valence-electron chi connectivity index (χ2n) is 5.97. The molecule has 1 saturated carbocycles. The lowest BCUT2D eigenvalue weighted by molar-refractivity contribution is 0.419. The highest BCUT2D eigenvalue weighted by atomic mass is 35.5. The van der Waals surface area contributed by atoms with E-state index in [-0.39, 0.29) is 6.04 Å². The second kappa shape index (κ2) is 6.21. The molecule has 3 rings (SSSR count). The molecule has 0 bridgehead atoms. The van der Waals surface area contributed by atoms with E-state index in [0.29, 0.717) is 0 Å². The van der Waals surface area contributed by atoms with Crippen LogP contribution in [0.15, 0.2) is 42.5 Å². The van der Waals surface area contributed by atoms with Crippen LogP contribution in [0.25, 0.3) is 0 Å². The predicted octanol–water partition coefficient (Wildman–Crippen LogP) is 5.22. The first-order valence-electron chi connectivity index (χ1n) is 7.73. The van der Waals surface area contributed by atoms with Gasteiger partial charge in [0, 0.05) is 5.02 Å².